The molecule has 0 fully saturated rings. The highest BCUT2D eigenvalue weighted by molar-refractivity contribution is 9.10. The minimum absolute atomic E-state index is 0.0524. The van der Waals surface area contributed by atoms with Crippen LogP contribution in [0.1, 0.15) is 12.0 Å². The number of rotatable bonds is 2. The summed E-state index contributed by atoms with van der Waals surface area (Å²) in [6.45, 7) is 0.166. The number of halogens is 3. The minimum Gasteiger partial charge on any atom is -0.263 e. The van der Waals surface area contributed by atoms with Crippen LogP contribution in [0.5, 0.6) is 0 Å². The van der Waals surface area contributed by atoms with Crippen molar-refractivity contribution in [2.45, 2.75) is 17.7 Å². The number of fused-ring (bicyclic) bond motifs is 1. The molecule has 0 spiro atoms. The molecule has 22 heavy (non-hydrogen) atoms. The third-order valence-corrected chi connectivity index (χ3v) is 6.38. The lowest BCUT2D eigenvalue weighted by Crippen LogP contribution is -2.36. The maximum absolute atomic E-state index is 14.2. The number of hydrogen-bond donors (Lipinski definition) is 0. The molecular formula is C15H12BrF2NO2S. The van der Waals surface area contributed by atoms with Crippen LogP contribution in [0.3, 0.4) is 0 Å². The molecular weight excluding hydrogens is 376 g/mol. The molecule has 0 aliphatic carbocycles. The fraction of sp³-hybridized carbons (Fsp3) is 0.200. The molecule has 7 heteroatoms. The van der Waals surface area contributed by atoms with Crippen molar-refractivity contribution >= 4 is 31.6 Å². The first-order valence-corrected chi connectivity index (χ1v) is 8.90. The predicted molar refractivity (Wildman–Crippen MR) is 83.4 cm³/mol. The standard InChI is InChI=1S/C15H12BrF2NO2S/c16-12-5-1-2-6-14(12)22(20,21)19-7-3-4-10-8-11(17)9-13(18)15(10)19/h1-2,5-6,8-9H,3-4,7H2. The van der Waals surface area contributed by atoms with E-state index in [2.05, 4.69) is 15.9 Å². The highest BCUT2D eigenvalue weighted by Crippen LogP contribution is 2.36. The van der Waals surface area contributed by atoms with E-state index in [4.69, 9.17) is 0 Å². The fourth-order valence-electron chi connectivity index (χ4n) is 2.63. The summed E-state index contributed by atoms with van der Waals surface area (Å²) in [4.78, 5) is 0.0616. The first-order valence-electron chi connectivity index (χ1n) is 6.66. The van der Waals surface area contributed by atoms with Crippen LogP contribution < -0.4 is 4.31 Å². The van der Waals surface area contributed by atoms with Crippen LogP contribution in [-0.2, 0) is 16.4 Å². The van der Waals surface area contributed by atoms with E-state index in [1.165, 1.54) is 12.1 Å². The molecule has 0 unspecified atom stereocenters. The molecule has 2 aromatic carbocycles. The van der Waals surface area contributed by atoms with Crippen LogP contribution in [0, 0.1) is 11.6 Å². The SMILES string of the molecule is O=S(=O)(c1ccccc1Br)N1CCCc2cc(F)cc(F)c21. The van der Waals surface area contributed by atoms with Gasteiger partial charge in [-0.1, -0.05) is 12.1 Å². The molecule has 0 aromatic heterocycles. The van der Waals surface area contributed by atoms with Crippen molar-refractivity contribution in [2.75, 3.05) is 10.8 Å². The van der Waals surface area contributed by atoms with Crippen molar-refractivity contribution in [3.63, 3.8) is 0 Å². The van der Waals surface area contributed by atoms with Crippen molar-refractivity contribution < 1.29 is 17.2 Å². The first-order chi connectivity index (χ1) is 10.4. The van der Waals surface area contributed by atoms with Crippen LogP contribution in [0.15, 0.2) is 45.8 Å². The lowest BCUT2D eigenvalue weighted by molar-refractivity contribution is 0.561. The Hall–Kier alpha value is -1.47. The monoisotopic (exact) mass is 387 g/mol. The van der Waals surface area contributed by atoms with E-state index in [9.17, 15) is 17.2 Å². The van der Waals surface area contributed by atoms with Crippen LogP contribution in [0.2, 0.25) is 0 Å². The molecule has 0 amide bonds. The quantitative estimate of drug-likeness (QED) is 0.784. The predicted octanol–water partition coefficient (Wildman–Crippen LogP) is 3.87. The van der Waals surface area contributed by atoms with Crippen molar-refractivity contribution in [2.24, 2.45) is 0 Å². The molecule has 0 saturated carbocycles. The van der Waals surface area contributed by atoms with Gasteiger partial charge in [0, 0.05) is 17.1 Å². The third kappa shape index (κ3) is 2.52. The molecule has 0 radical (unpaired) electrons. The molecule has 0 bridgehead atoms. The summed E-state index contributed by atoms with van der Waals surface area (Å²) < 4.78 is 54.6. The van der Waals surface area contributed by atoms with Gasteiger partial charge in [-0.3, -0.25) is 4.31 Å². The summed E-state index contributed by atoms with van der Waals surface area (Å²) >= 11 is 3.21. The maximum Gasteiger partial charge on any atom is 0.265 e. The summed E-state index contributed by atoms with van der Waals surface area (Å²) in [6.07, 6.45) is 0.964. The molecule has 0 saturated heterocycles. The Bertz CT molecular complexity index is 839. The van der Waals surface area contributed by atoms with E-state index in [1.54, 1.807) is 18.2 Å². The lowest BCUT2D eigenvalue weighted by Gasteiger charge is -2.31. The van der Waals surface area contributed by atoms with Gasteiger partial charge in [0.15, 0.2) is 5.82 Å². The zero-order valence-corrected chi connectivity index (χ0v) is 13.8. The molecule has 116 valence electrons. The second-order valence-corrected chi connectivity index (χ2v) is 7.69. The van der Waals surface area contributed by atoms with Gasteiger partial charge in [0.1, 0.15) is 10.7 Å². The van der Waals surface area contributed by atoms with Crippen molar-refractivity contribution in [1.82, 2.24) is 0 Å². The number of aryl methyl sites for hydroxylation is 1. The van der Waals surface area contributed by atoms with Crippen LogP contribution >= 0.6 is 15.9 Å². The third-order valence-electron chi connectivity index (χ3n) is 3.57. The smallest absolute Gasteiger partial charge is 0.263 e. The summed E-state index contributed by atoms with van der Waals surface area (Å²) in [5.74, 6) is -1.55. The van der Waals surface area contributed by atoms with Gasteiger partial charge in [0.05, 0.1) is 5.69 Å². The zero-order chi connectivity index (χ0) is 15.9. The molecule has 1 aliphatic rings. The summed E-state index contributed by atoms with van der Waals surface area (Å²) in [7, 11) is -3.92. The van der Waals surface area contributed by atoms with Gasteiger partial charge in [-0.2, -0.15) is 0 Å². The lowest BCUT2D eigenvalue weighted by atomic mass is 10.0. The Labute approximate surface area is 135 Å². The zero-order valence-electron chi connectivity index (χ0n) is 11.4. The normalized spacial score (nSPS) is 14.8. The van der Waals surface area contributed by atoms with Crippen LogP contribution in [0.4, 0.5) is 14.5 Å². The van der Waals surface area contributed by atoms with Crippen molar-refractivity contribution in [3.8, 4) is 0 Å². The Kier molecular flexibility index (Phi) is 3.94. The Morgan fingerprint density at radius 3 is 2.59 bits per heavy atom. The summed E-state index contributed by atoms with van der Waals surface area (Å²) in [6, 6.07) is 8.27. The molecule has 3 rings (SSSR count). The van der Waals surface area contributed by atoms with Crippen molar-refractivity contribution in [3.05, 3.63) is 58.1 Å². The molecule has 2 aromatic rings. The largest absolute Gasteiger partial charge is 0.265 e. The maximum atomic E-state index is 14.2. The molecule has 1 aliphatic heterocycles. The highest BCUT2D eigenvalue weighted by atomic mass is 79.9. The number of anilines is 1. The van der Waals surface area contributed by atoms with Gasteiger partial charge in [-0.05, 0) is 52.5 Å². The van der Waals surface area contributed by atoms with Gasteiger partial charge in [0.2, 0.25) is 0 Å². The number of hydrogen-bond acceptors (Lipinski definition) is 2. The van der Waals surface area contributed by atoms with Crippen molar-refractivity contribution in [1.29, 1.82) is 0 Å². The number of benzene rings is 2. The Morgan fingerprint density at radius 1 is 1.14 bits per heavy atom. The topological polar surface area (TPSA) is 37.4 Å². The molecule has 3 nitrogen and oxygen atoms in total. The van der Waals surface area contributed by atoms with Crippen LogP contribution in [0.25, 0.3) is 0 Å². The molecule has 0 N–H and O–H groups in total. The molecule has 1 heterocycles. The van der Waals surface area contributed by atoms with E-state index in [0.29, 0.717) is 28.9 Å². The number of nitrogens with zero attached hydrogens (tertiary/aromatic N) is 1. The Morgan fingerprint density at radius 2 is 1.86 bits per heavy atom. The van der Waals surface area contributed by atoms with Crippen LogP contribution in [-0.4, -0.2) is 15.0 Å². The second kappa shape index (κ2) is 5.62. The van der Waals surface area contributed by atoms with E-state index in [1.807, 2.05) is 0 Å². The molecule has 0 atom stereocenters. The van der Waals surface area contributed by atoms with Gasteiger partial charge < -0.3 is 0 Å². The van der Waals surface area contributed by atoms with E-state index in [0.717, 1.165) is 4.31 Å². The van der Waals surface area contributed by atoms with E-state index < -0.39 is 21.7 Å². The van der Waals surface area contributed by atoms with Gasteiger partial charge in [0.25, 0.3) is 10.0 Å². The fourth-order valence-corrected chi connectivity index (χ4v) is 5.14. The van der Waals surface area contributed by atoms with Gasteiger partial charge in [-0.25, -0.2) is 17.2 Å². The van der Waals surface area contributed by atoms with Gasteiger partial charge >= 0.3 is 0 Å². The van der Waals surface area contributed by atoms with E-state index in [-0.39, 0.29) is 17.1 Å². The van der Waals surface area contributed by atoms with E-state index >= 15 is 0 Å². The second-order valence-electron chi connectivity index (χ2n) is 5.01. The van der Waals surface area contributed by atoms with Gasteiger partial charge in [-0.15, -0.1) is 0 Å². The summed E-state index contributed by atoms with van der Waals surface area (Å²) in [5, 5.41) is 0. The minimum atomic E-state index is -3.92. The average molecular weight is 388 g/mol. The average Bonchev–Trinajstić information content (AvgIpc) is 2.46. The Balaban J connectivity index is 2.18. The summed E-state index contributed by atoms with van der Waals surface area (Å²) in [5.41, 5.74) is 0.322. The first kappa shape index (κ1) is 15.4. The highest BCUT2D eigenvalue weighted by Gasteiger charge is 2.32. The number of sulfonamides is 1.